The number of nitrogens with zero attached hydrogens (tertiary/aromatic N) is 2. The van der Waals surface area contributed by atoms with Gasteiger partial charge in [-0.05, 0) is 17.7 Å². The summed E-state index contributed by atoms with van der Waals surface area (Å²) in [5.74, 6) is 2.46. The lowest BCUT2D eigenvalue weighted by molar-refractivity contribution is 0.691. The first-order valence-corrected chi connectivity index (χ1v) is 5.02. The molecule has 1 N–H and O–H groups in total. The predicted molar refractivity (Wildman–Crippen MR) is 66.0 cm³/mol. The van der Waals surface area contributed by atoms with Gasteiger partial charge in [0.1, 0.15) is 6.04 Å². The summed E-state index contributed by atoms with van der Waals surface area (Å²) < 4.78 is 0. The molecule has 1 aromatic carbocycles. The molecular formula is C13H15N3. The van der Waals surface area contributed by atoms with Gasteiger partial charge in [-0.15, -0.1) is 6.42 Å². The number of anilines is 1. The Kier molecular flexibility index (Phi) is 4.39. The van der Waals surface area contributed by atoms with Crippen LogP contribution in [0.5, 0.6) is 0 Å². The number of benzene rings is 1. The van der Waals surface area contributed by atoms with Gasteiger partial charge in [-0.2, -0.15) is 5.26 Å². The highest BCUT2D eigenvalue weighted by atomic mass is 15.1. The van der Waals surface area contributed by atoms with E-state index in [-0.39, 0.29) is 6.04 Å². The van der Waals surface area contributed by atoms with Crippen molar-refractivity contribution in [2.75, 3.05) is 25.5 Å². The highest BCUT2D eigenvalue weighted by Gasteiger charge is 2.08. The molecule has 3 heteroatoms. The molecule has 82 valence electrons. The van der Waals surface area contributed by atoms with Crippen LogP contribution in [0.25, 0.3) is 0 Å². The molecule has 0 aliphatic heterocycles. The van der Waals surface area contributed by atoms with Gasteiger partial charge < -0.3 is 4.90 Å². The van der Waals surface area contributed by atoms with Crippen LogP contribution in [-0.2, 0) is 0 Å². The Hall–Kier alpha value is -1.97. The molecule has 3 nitrogen and oxygen atoms in total. The van der Waals surface area contributed by atoms with Gasteiger partial charge in [0.05, 0.1) is 12.6 Å². The largest absolute Gasteiger partial charge is 0.378 e. The normalized spacial score (nSPS) is 11.2. The second kappa shape index (κ2) is 5.80. The Morgan fingerprint density at radius 3 is 2.44 bits per heavy atom. The van der Waals surface area contributed by atoms with Crippen molar-refractivity contribution in [2.24, 2.45) is 0 Å². The summed E-state index contributed by atoms with van der Waals surface area (Å²) in [6.07, 6.45) is 5.14. The van der Waals surface area contributed by atoms with E-state index in [0.29, 0.717) is 6.54 Å². The maximum atomic E-state index is 8.99. The molecule has 0 radical (unpaired) electrons. The fourth-order valence-corrected chi connectivity index (χ4v) is 1.36. The van der Waals surface area contributed by atoms with Crippen LogP contribution < -0.4 is 10.2 Å². The summed E-state index contributed by atoms with van der Waals surface area (Å²) in [5.41, 5.74) is 2.04. The lowest BCUT2D eigenvalue weighted by Gasteiger charge is -2.14. The number of hydrogen-bond acceptors (Lipinski definition) is 3. The average Bonchev–Trinajstić information content (AvgIpc) is 2.30. The second-order valence-electron chi connectivity index (χ2n) is 3.63. The smallest absolute Gasteiger partial charge is 0.122 e. The predicted octanol–water partition coefficient (Wildman–Crippen LogP) is 1.54. The molecule has 0 amide bonds. The van der Waals surface area contributed by atoms with Crippen LogP contribution in [0.3, 0.4) is 0 Å². The summed E-state index contributed by atoms with van der Waals surface area (Å²) in [4.78, 5) is 2.01. The van der Waals surface area contributed by atoms with Gasteiger partial charge >= 0.3 is 0 Å². The van der Waals surface area contributed by atoms with E-state index in [2.05, 4.69) is 17.3 Å². The molecule has 0 spiro atoms. The zero-order valence-electron chi connectivity index (χ0n) is 9.57. The van der Waals surface area contributed by atoms with E-state index in [4.69, 9.17) is 11.7 Å². The summed E-state index contributed by atoms with van der Waals surface area (Å²) in [6, 6.07) is 9.68. The second-order valence-corrected chi connectivity index (χ2v) is 3.63. The van der Waals surface area contributed by atoms with Crippen LogP contribution in [0, 0.1) is 23.7 Å². The zero-order valence-corrected chi connectivity index (χ0v) is 9.57. The molecule has 1 aromatic rings. The minimum absolute atomic E-state index is 0.340. The van der Waals surface area contributed by atoms with Crippen molar-refractivity contribution in [1.29, 1.82) is 5.26 Å². The van der Waals surface area contributed by atoms with E-state index in [9.17, 15) is 0 Å². The van der Waals surface area contributed by atoms with Gasteiger partial charge in [-0.25, -0.2) is 0 Å². The maximum Gasteiger partial charge on any atom is 0.122 e. The fraction of sp³-hybridized carbons (Fsp3) is 0.308. The molecule has 0 aromatic heterocycles. The number of rotatable bonds is 4. The molecule has 16 heavy (non-hydrogen) atoms. The number of nitrogens with one attached hydrogen (secondary N) is 1. The molecule has 1 atom stereocenters. The third-order valence-corrected chi connectivity index (χ3v) is 2.28. The summed E-state index contributed by atoms with van der Waals surface area (Å²) in [5, 5.41) is 12.0. The minimum Gasteiger partial charge on any atom is -0.378 e. The first-order valence-electron chi connectivity index (χ1n) is 5.02. The standard InChI is InChI=1S/C13H15N3/c1-4-9-15-13(10-14)11-5-7-12(8-6-11)16(2)3/h1,5-8,13,15H,9H2,2-3H3. The molecule has 1 rings (SSSR count). The molecule has 0 aliphatic carbocycles. The third-order valence-electron chi connectivity index (χ3n) is 2.28. The summed E-state index contributed by atoms with van der Waals surface area (Å²) >= 11 is 0. The summed E-state index contributed by atoms with van der Waals surface area (Å²) in [6.45, 7) is 0.396. The zero-order chi connectivity index (χ0) is 12.0. The van der Waals surface area contributed by atoms with Crippen molar-refractivity contribution in [3.8, 4) is 18.4 Å². The van der Waals surface area contributed by atoms with Crippen LogP contribution in [0.2, 0.25) is 0 Å². The first-order chi connectivity index (χ1) is 7.69. The van der Waals surface area contributed by atoms with Gasteiger partial charge in [-0.3, -0.25) is 5.32 Å². The van der Waals surface area contributed by atoms with E-state index in [1.54, 1.807) is 0 Å². The SMILES string of the molecule is C#CCNC(C#N)c1ccc(N(C)C)cc1. The van der Waals surface area contributed by atoms with Crippen LogP contribution in [0.1, 0.15) is 11.6 Å². The van der Waals surface area contributed by atoms with Crippen molar-refractivity contribution in [2.45, 2.75) is 6.04 Å². The minimum atomic E-state index is -0.340. The van der Waals surface area contributed by atoms with Crippen molar-refractivity contribution in [3.05, 3.63) is 29.8 Å². The van der Waals surface area contributed by atoms with Gasteiger partial charge in [0.25, 0.3) is 0 Å². The monoisotopic (exact) mass is 213 g/mol. The van der Waals surface area contributed by atoms with Crippen molar-refractivity contribution >= 4 is 5.69 Å². The van der Waals surface area contributed by atoms with Gasteiger partial charge in [0.15, 0.2) is 0 Å². The Morgan fingerprint density at radius 1 is 1.38 bits per heavy atom. The van der Waals surface area contributed by atoms with Gasteiger partial charge in [-0.1, -0.05) is 18.1 Å². The van der Waals surface area contributed by atoms with Crippen LogP contribution in [-0.4, -0.2) is 20.6 Å². The molecule has 0 bridgehead atoms. The van der Waals surface area contributed by atoms with Gasteiger partial charge in [0.2, 0.25) is 0 Å². The number of nitriles is 1. The lowest BCUT2D eigenvalue weighted by Crippen LogP contribution is -2.20. The van der Waals surface area contributed by atoms with E-state index in [0.717, 1.165) is 11.3 Å². The quantitative estimate of drug-likeness (QED) is 0.771. The topological polar surface area (TPSA) is 39.1 Å². The molecule has 0 fully saturated rings. The van der Waals surface area contributed by atoms with E-state index < -0.39 is 0 Å². The van der Waals surface area contributed by atoms with Gasteiger partial charge in [0, 0.05) is 19.8 Å². The molecular weight excluding hydrogens is 198 g/mol. The van der Waals surface area contributed by atoms with Crippen molar-refractivity contribution in [1.82, 2.24) is 5.32 Å². The van der Waals surface area contributed by atoms with E-state index in [1.165, 1.54) is 0 Å². The Bertz CT molecular complexity index is 406. The lowest BCUT2D eigenvalue weighted by atomic mass is 10.1. The Labute approximate surface area is 96.7 Å². The molecule has 0 saturated carbocycles. The summed E-state index contributed by atoms with van der Waals surface area (Å²) in [7, 11) is 3.96. The third kappa shape index (κ3) is 3.02. The highest BCUT2D eigenvalue weighted by Crippen LogP contribution is 2.17. The average molecular weight is 213 g/mol. The Morgan fingerprint density at radius 2 is 2.00 bits per heavy atom. The maximum absolute atomic E-state index is 8.99. The highest BCUT2D eigenvalue weighted by molar-refractivity contribution is 5.47. The van der Waals surface area contributed by atoms with E-state index >= 15 is 0 Å². The van der Waals surface area contributed by atoms with Crippen molar-refractivity contribution in [3.63, 3.8) is 0 Å². The molecule has 0 saturated heterocycles. The first kappa shape index (κ1) is 12.1. The van der Waals surface area contributed by atoms with Crippen LogP contribution in [0.4, 0.5) is 5.69 Å². The molecule has 1 unspecified atom stereocenters. The number of terminal acetylenes is 1. The molecule has 0 heterocycles. The Balaban J connectivity index is 2.80. The van der Waals surface area contributed by atoms with Crippen LogP contribution >= 0.6 is 0 Å². The molecule has 0 aliphatic rings. The van der Waals surface area contributed by atoms with E-state index in [1.807, 2.05) is 43.3 Å². The number of hydrogen-bond donors (Lipinski definition) is 1. The van der Waals surface area contributed by atoms with Crippen LogP contribution in [0.15, 0.2) is 24.3 Å². The van der Waals surface area contributed by atoms with Crippen molar-refractivity contribution < 1.29 is 0 Å². The fourth-order valence-electron chi connectivity index (χ4n) is 1.36.